The van der Waals surface area contributed by atoms with Crippen molar-refractivity contribution in [1.29, 1.82) is 0 Å². The van der Waals surface area contributed by atoms with Crippen molar-refractivity contribution < 1.29 is 18.4 Å². The molecular weight excluding hydrogens is 430 g/mol. The number of carbonyl (C=O) groups excluding carboxylic acids is 2. The molecule has 1 atom stereocenters. The second-order valence-corrected chi connectivity index (χ2v) is 8.03. The largest absolute Gasteiger partial charge is 0.350 e. The lowest BCUT2D eigenvalue weighted by molar-refractivity contribution is -0.134. The predicted octanol–water partition coefficient (Wildman–Crippen LogP) is 4.17. The van der Waals surface area contributed by atoms with E-state index in [2.05, 4.69) is 15.0 Å². The lowest BCUT2D eigenvalue weighted by atomic mass is 10.0. The topological polar surface area (TPSA) is 84.9 Å². The highest BCUT2D eigenvalue weighted by Gasteiger charge is 2.49. The Kier molecular flexibility index (Phi) is 5.27. The van der Waals surface area contributed by atoms with Gasteiger partial charge in [-0.25, -0.2) is 23.6 Å². The van der Waals surface area contributed by atoms with E-state index in [1.807, 2.05) is 6.92 Å². The lowest BCUT2D eigenvalue weighted by Gasteiger charge is -2.27. The Hall–Kier alpha value is -3.82. The molecule has 0 radical (unpaired) electrons. The van der Waals surface area contributed by atoms with E-state index in [0.717, 1.165) is 6.07 Å². The van der Waals surface area contributed by atoms with Gasteiger partial charge < -0.3 is 4.98 Å². The van der Waals surface area contributed by atoms with Gasteiger partial charge in [-0.15, -0.1) is 0 Å². The maximum absolute atomic E-state index is 14.2. The number of hydrogen-bond donors (Lipinski definition) is 1. The number of imidazole rings is 1. The Labute approximate surface area is 188 Å². The molecule has 5 rings (SSSR count). The van der Waals surface area contributed by atoms with Gasteiger partial charge in [0, 0.05) is 31.3 Å². The fourth-order valence-electron chi connectivity index (χ4n) is 4.36. The highest BCUT2D eigenvalue weighted by atomic mass is 19.1. The molecular formula is C23H22F2N6O2. The Balaban J connectivity index is 1.71. The van der Waals surface area contributed by atoms with Crippen LogP contribution in [0.4, 0.5) is 19.3 Å². The van der Waals surface area contributed by atoms with Crippen molar-refractivity contribution >= 4 is 34.5 Å². The van der Waals surface area contributed by atoms with Crippen LogP contribution in [0, 0.1) is 11.6 Å². The molecule has 33 heavy (non-hydrogen) atoms. The SMILES string of the molecule is CCCN=C1C(c2cc(F)cc(F)c2)N(c2ccc3nc[nH]c3c2)C(=O)N1N1CCCC1=O. The molecule has 10 heteroatoms. The molecule has 1 unspecified atom stereocenters. The summed E-state index contributed by atoms with van der Waals surface area (Å²) in [6.07, 6.45) is 3.18. The number of nitrogens with one attached hydrogen (secondary N) is 1. The monoisotopic (exact) mass is 452 g/mol. The molecule has 3 amide bonds. The quantitative estimate of drug-likeness (QED) is 0.631. The molecule has 1 N–H and O–H groups in total. The third kappa shape index (κ3) is 3.61. The van der Waals surface area contributed by atoms with E-state index in [4.69, 9.17) is 0 Å². The van der Waals surface area contributed by atoms with Crippen LogP contribution in [0.3, 0.4) is 0 Å². The lowest BCUT2D eigenvalue weighted by Crippen LogP contribution is -2.48. The van der Waals surface area contributed by atoms with Crippen LogP contribution >= 0.6 is 0 Å². The molecule has 0 spiro atoms. The van der Waals surface area contributed by atoms with Crippen molar-refractivity contribution in [2.24, 2.45) is 4.99 Å². The smallest absolute Gasteiger partial charge is 0.345 e. The first-order valence-electron chi connectivity index (χ1n) is 10.8. The van der Waals surface area contributed by atoms with Crippen molar-refractivity contribution in [3.05, 3.63) is 59.9 Å². The number of H-pyrrole nitrogens is 1. The van der Waals surface area contributed by atoms with Crippen LogP contribution in [0.1, 0.15) is 37.8 Å². The summed E-state index contributed by atoms with van der Waals surface area (Å²) in [4.78, 5) is 39.7. The van der Waals surface area contributed by atoms with E-state index in [1.165, 1.54) is 27.1 Å². The summed E-state index contributed by atoms with van der Waals surface area (Å²) >= 11 is 0. The van der Waals surface area contributed by atoms with Gasteiger partial charge in [-0.1, -0.05) is 6.92 Å². The van der Waals surface area contributed by atoms with Gasteiger partial charge in [0.15, 0.2) is 5.84 Å². The molecule has 2 saturated heterocycles. The number of halogens is 2. The van der Waals surface area contributed by atoms with Crippen molar-refractivity contribution in [2.45, 2.75) is 32.2 Å². The molecule has 2 aliphatic rings. The number of benzene rings is 2. The summed E-state index contributed by atoms with van der Waals surface area (Å²) in [5, 5.41) is 2.66. The number of amides is 3. The van der Waals surface area contributed by atoms with Crippen LogP contribution in [0.25, 0.3) is 11.0 Å². The molecule has 0 bridgehead atoms. The molecule has 0 saturated carbocycles. The maximum Gasteiger partial charge on any atom is 0.350 e. The molecule has 2 aliphatic heterocycles. The van der Waals surface area contributed by atoms with Gasteiger partial charge in [0.25, 0.3) is 0 Å². The van der Waals surface area contributed by atoms with Gasteiger partial charge in [0.2, 0.25) is 5.91 Å². The summed E-state index contributed by atoms with van der Waals surface area (Å²) in [6, 6.07) is 6.97. The number of hydrazine groups is 1. The molecule has 3 aromatic rings. The van der Waals surface area contributed by atoms with E-state index < -0.39 is 23.7 Å². The maximum atomic E-state index is 14.2. The Morgan fingerprint density at radius 2 is 1.94 bits per heavy atom. The zero-order valence-corrected chi connectivity index (χ0v) is 18.0. The van der Waals surface area contributed by atoms with Crippen LogP contribution < -0.4 is 4.90 Å². The Morgan fingerprint density at radius 1 is 1.15 bits per heavy atom. The summed E-state index contributed by atoms with van der Waals surface area (Å²) in [5.41, 5.74) is 2.14. The number of fused-ring (bicyclic) bond motifs is 1. The molecule has 0 aliphatic carbocycles. The number of amidine groups is 1. The van der Waals surface area contributed by atoms with E-state index >= 15 is 0 Å². The summed E-state index contributed by atoms with van der Waals surface area (Å²) in [7, 11) is 0. The van der Waals surface area contributed by atoms with E-state index in [0.29, 0.717) is 49.1 Å². The van der Waals surface area contributed by atoms with Gasteiger partial charge in [-0.3, -0.25) is 14.7 Å². The van der Waals surface area contributed by atoms with Crippen LogP contribution in [-0.2, 0) is 4.79 Å². The molecule has 1 aromatic heterocycles. The first kappa shape index (κ1) is 21.0. The second-order valence-electron chi connectivity index (χ2n) is 8.03. The van der Waals surface area contributed by atoms with Gasteiger partial charge in [-0.2, -0.15) is 5.01 Å². The minimum atomic E-state index is -0.914. The number of carbonyl (C=O) groups is 2. The minimum absolute atomic E-state index is 0.192. The highest BCUT2D eigenvalue weighted by molar-refractivity contribution is 6.17. The molecule has 2 aromatic carbocycles. The fraction of sp³-hybridized carbons (Fsp3) is 0.304. The van der Waals surface area contributed by atoms with E-state index in [-0.39, 0.29) is 17.3 Å². The predicted molar refractivity (Wildman–Crippen MR) is 118 cm³/mol. The molecule has 8 nitrogen and oxygen atoms in total. The average Bonchev–Trinajstić information content (AvgIpc) is 3.48. The van der Waals surface area contributed by atoms with Gasteiger partial charge >= 0.3 is 6.03 Å². The van der Waals surface area contributed by atoms with Crippen LogP contribution in [0.5, 0.6) is 0 Å². The fourth-order valence-corrected chi connectivity index (χ4v) is 4.36. The van der Waals surface area contributed by atoms with Gasteiger partial charge in [0.05, 0.1) is 17.4 Å². The highest BCUT2D eigenvalue weighted by Crippen LogP contribution is 2.39. The summed E-state index contributed by atoms with van der Waals surface area (Å²) in [6.45, 7) is 2.70. The van der Waals surface area contributed by atoms with Crippen molar-refractivity contribution in [3.63, 3.8) is 0 Å². The van der Waals surface area contributed by atoms with E-state index in [9.17, 15) is 18.4 Å². The molecule has 2 fully saturated rings. The van der Waals surface area contributed by atoms with E-state index in [1.54, 1.807) is 24.5 Å². The number of aromatic nitrogens is 2. The minimum Gasteiger partial charge on any atom is -0.345 e. The zero-order valence-electron chi connectivity index (χ0n) is 18.0. The van der Waals surface area contributed by atoms with Crippen LogP contribution in [-0.4, -0.2) is 50.8 Å². The Bertz CT molecular complexity index is 1250. The average molecular weight is 452 g/mol. The van der Waals surface area contributed by atoms with Crippen molar-refractivity contribution in [2.75, 3.05) is 18.0 Å². The molecule has 170 valence electrons. The summed E-state index contributed by atoms with van der Waals surface area (Å²) in [5.74, 6) is -1.44. The Morgan fingerprint density at radius 3 is 2.64 bits per heavy atom. The first-order valence-corrected chi connectivity index (χ1v) is 10.8. The third-order valence-corrected chi connectivity index (χ3v) is 5.78. The number of urea groups is 1. The third-order valence-electron chi connectivity index (χ3n) is 5.78. The van der Waals surface area contributed by atoms with Gasteiger partial charge in [0.1, 0.15) is 17.7 Å². The normalized spacial score (nSPS) is 20.2. The zero-order chi connectivity index (χ0) is 23.1. The first-order chi connectivity index (χ1) is 16.0. The second kappa shape index (κ2) is 8.27. The number of aliphatic imine (C=N–C) groups is 1. The summed E-state index contributed by atoms with van der Waals surface area (Å²) < 4.78 is 28.5. The number of rotatable bonds is 5. The molecule has 3 heterocycles. The van der Waals surface area contributed by atoms with Crippen molar-refractivity contribution in [1.82, 2.24) is 20.0 Å². The van der Waals surface area contributed by atoms with Crippen LogP contribution in [0.2, 0.25) is 0 Å². The van der Waals surface area contributed by atoms with Crippen LogP contribution in [0.15, 0.2) is 47.7 Å². The number of anilines is 1. The standard InChI is InChI=1S/C23H22F2N6O2/c1-2-7-26-22-21(14-9-15(24)11-16(25)10-14)30(17-5-6-18-19(12-17)28-13-27-18)23(33)31(22)29-8-3-4-20(29)32/h5-6,9-13,21H,2-4,7-8H2,1H3,(H,27,28). The number of hydrogen-bond acceptors (Lipinski definition) is 4. The van der Waals surface area contributed by atoms with Gasteiger partial charge in [-0.05, 0) is 48.7 Å². The number of nitrogens with zero attached hydrogens (tertiary/aromatic N) is 5. The van der Waals surface area contributed by atoms with Crippen molar-refractivity contribution in [3.8, 4) is 0 Å². The number of aromatic amines is 1.